The Balaban J connectivity index is 2.09. The third kappa shape index (κ3) is 4.10. The van der Waals surface area contributed by atoms with Gasteiger partial charge < -0.3 is 14.2 Å². The van der Waals surface area contributed by atoms with Crippen LogP contribution < -0.4 is 9.47 Å². The molecule has 0 bridgehead atoms. The number of ketones is 1. The first-order valence-corrected chi connectivity index (χ1v) is 7.53. The second-order valence-electron chi connectivity index (χ2n) is 4.56. The van der Waals surface area contributed by atoms with Crippen LogP contribution in [-0.2, 0) is 4.74 Å². The van der Waals surface area contributed by atoms with Crippen LogP contribution in [0.4, 0.5) is 0 Å². The Morgan fingerprint density at radius 1 is 1.00 bits per heavy atom. The molecule has 23 heavy (non-hydrogen) atoms. The van der Waals surface area contributed by atoms with Gasteiger partial charge in [0.1, 0.15) is 0 Å². The molecule has 0 aromatic heterocycles. The van der Waals surface area contributed by atoms with E-state index < -0.39 is 5.97 Å². The van der Waals surface area contributed by atoms with Crippen molar-refractivity contribution in [3.8, 4) is 11.5 Å². The first kappa shape index (κ1) is 17.0. The van der Waals surface area contributed by atoms with Gasteiger partial charge in [0.05, 0.1) is 24.3 Å². The number of esters is 1. The van der Waals surface area contributed by atoms with E-state index in [1.54, 1.807) is 30.3 Å². The van der Waals surface area contributed by atoms with Crippen LogP contribution in [0.2, 0.25) is 0 Å². The van der Waals surface area contributed by atoms with Crippen molar-refractivity contribution < 1.29 is 23.8 Å². The first-order valence-electron chi connectivity index (χ1n) is 6.73. The quantitative estimate of drug-likeness (QED) is 0.568. The van der Waals surface area contributed by atoms with Crippen molar-refractivity contribution in [2.75, 3.05) is 20.8 Å². The highest BCUT2D eigenvalue weighted by molar-refractivity contribution is 9.10. The molecule has 0 aliphatic rings. The molecule has 0 radical (unpaired) electrons. The third-order valence-corrected chi connectivity index (χ3v) is 3.69. The molecule has 2 aromatic rings. The summed E-state index contributed by atoms with van der Waals surface area (Å²) in [6.07, 6.45) is 0. The van der Waals surface area contributed by atoms with Crippen molar-refractivity contribution in [2.24, 2.45) is 0 Å². The summed E-state index contributed by atoms with van der Waals surface area (Å²) in [6, 6.07) is 11.7. The highest BCUT2D eigenvalue weighted by Gasteiger charge is 2.17. The van der Waals surface area contributed by atoms with E-state index in [9.17, 15) is 9.59 Å². The van der Waals surface area contributed by atoms with Gasteiger partial charge in [-0.2, -0.15) is 0 Å². The van der Waals surface area contributed by atoms with Gasteiger partial charge in [-0.05, 0) is 28.1 Å². The van der Waals surface area contributed by atoms with Gasteiger partial charge in [0.25, 0.3) is 0 Å². The van der Waals surface area contributed by atoms with Crippen LogP contribution in [0.1, 0.15) is 20.7 Å². The molecule has 0 N–H and O–H groups in total. The van der Waals surface area contributed by atoms with Crippen LogP contribution in [0.5, 0.6) is 11.5 Å². The fourth-order valence-electron chi connectivity index (χ4n) is 1.96. The lowest BCUT2D eigenvalue weighted by atomic mass is 10.1. The van der Waals surface area contributed by atoms with Crippen molar-refractivity contribution >= 4 is 27.7 Å². The van der Waals surface area contributed by atoms with Crippen molar-refractivity contribution in [3.63, 3.8) is 0 Å². The molecule has 0 atom stereocenters. The summed E-state index contributed by atoms with van der Waals surface area (Å²) < 4.78 is 16.0. The Bertz CT molecular complexity index is 712. The zero-order valence-corrected chi connectivity index (χ0v) is 14.3. The fourth-order valence-corrected chi connectivity index (χ4v) is 2.56. The van der Waals surface area contributed by atoms with Crippen LogP contribution in [0.15, 0.2) is 46.9 Å². The molecular formula is C17H15BrO5. The molecule has 0 spiro atoms. The minimum Gasteiger partial charge on any atom is -0.493 e. The van der Waals surface area contributed by atoms with E-state index in [0.717, 1.165) is 0 Å². The monoisotopic (exact) mass is 378 g/mol. The number of methoxy groups -OCH3 is 2. The molecule has 0 saturated heterocycles. The van der Waals surface area contributed by atoms with Crippen LogP contribution in [0.25, 0.3) is 0 Å². The lowest BCUT2D eigenvalue weighted by molar-refractivity contribution is 0.0474. The average molecular weight is 379 g/mol. The van der Waals surface area contributed by atoms with E-state index >= 15 is 0 Å². The van der Waals surface area contributed by atoms with Gasteiger partial charge in [0.2, 0.25) is 0 Å². The van der Waals surface area contributed by atoms with Crippen molar-refractivity contribution in [1.29, 1.82) is 0 Å². The Kier molecular flexibility index (Phi) is 5.76. The highest BCUT2D eigenvalue weighted by atomic mass is 79.9. The smallest absolute Gasteiger partial charge is 0.338 e. The summed E-state index contributed by atoms with van der Waals surface area (Å²) in [5, 5.41) is 0. The number of carbonyl (C=O) groups excluding carboxylic acids is 2. The molecule has 2 aromatic carbocycles. The van der Waals surface area contributed by atoms with Crippen molar-refractivity contribution in [3.05, 3.63) is 58.1 Å². The van der Waals surface area contributed by atoms with Crippen LogP contribution >= 0.6 is 15.9 Å². The number of Topliss-reactive ketones (excluding diaryl/α,β-unsaturated/α-hetero) is 1. The maximum absolute atomic E-state index is 12.1. The van der Waals surface area contributed by atoms with E-state index in [-0.39, 0.29) is 18.0 Å². The summed E-state index contributed by atoms with van der Waals surface area (Å²) in [5.74, 6) is -0.0120. The fraction of sp³-hybridized carbons (Fsp3) is 0.176. The van der Waals surface area contributed by atoms with E-state index in [2.05, 4.69) is 15.9 Å². The molecule has 6 heteroatoms. The van der Waals surface area contributed by atoms with Crippen LogP contribution in [0, 0.1) is 0 Å². The lowest BCUT2D eigenvalue weighted by Crippen LogP contribution is -2.14. The van der Waals surface area contributed by atoms with E-state index in [4.69, 9.17) is 14.2 Å². The van der Waals surface area contributed by atoms with Crippen LogP contribution in [-0.4, -0.2) is 32.6 Å². The second kappa shape index (κ2) is 7.78. The third-order valence-electron chi connectivity index (χ3n) is 3.10. The zero-order chi connectivity index (χ0) is 16.8. The summed E-state index contributed by atoms with van der Waals surface area (Å²) >= 11 is 3.30. The van der Waals surface area contributed by atoms with Gasteiger partial charge >= 0.3 is 5.97 Å². The number of ether oxygens (including phenoxy) is 3. The highest BCUT2D eigenvalue weighted by Crippen LogP contribution is 2.36. The number of hydrogen-bond acceptors (Lipinski definition) is 5. The second-order valence-corrected chi connectivity index (χ2v) is 5.41. The zero-order valence-electron chi connectivity index (χ0n) is 12.7. The van der Waals surface area contributed by atoms with Gasteiger partial charge in [-0.3, -0.25) is 4.79 Å². The average Bonchev–Trinajstić information content (AvgIpc) is 2.59. The predicted molar refractivity (Wildman–Crippen MR) is 88.3 cm³/mol. The van der Waals surface area contributed by atoms with Gasteiger partial charge in [-0.25, -0.2) is 4.79 Å². The van der Waals surface area contributed by atoms with Crippen molar-refractivity contribution in [1.82, 2.24) is 0 Å². The molecule has 0 aliphatic heterocycles. The minimum atomic E-state index is -0.615. The first-order chi connectivity index (χ1) is 11.1. The summed E-state index contributed by atoms with van der Waals surface area (Å²) in [4.78, 5) is 24.0. The number of rotatable bonds is 6. The molecule has 120 valence electrons. The summed E-state index contributed by atoms with van der Waals surface area (Å²) in [7, 11) is 2.97. The topological polar surface area (TPSA) is 61.8 Å². The molecular weight excluding hydrogens is 364 g/mol. The number of carbonyl (C=O) groups is 2. The van der Waals surface area contributed by atoms with E-state index in [0.29, 0.717) is 21.5 Å². The summed E-state index contributed by atoms with van der Waals surface area (Å²) in [5.41, 5.74) is 0.754. The number of benzene rings is 2. The molecule has 0 aliphatic carbocycles. The molecule has 2 rings (SSSR count). The van der Waals surface area contributed by atoms with Gasteiger partial charge in [-0.15, -0.1) is 0 Å². The Morgan fingerprint density at radius 3 is 2.30 bits per heavy atom. The molecule has 5 nitrogen and oxygen atoms in total. The number of halogens is 1. The standard InChI is InChI=1S/C17H15BrO5/c1-21-15-9-12(8-13(18)16(15)22-2)17(20)23-10-14(19)11-6-4-3-5-7-11/h3-9H,10H2,1-2H3. The lowest BCUT2D eigenvalue weighted by Gasteiger charge is -2.11. The molecule has 0 amide bonds. The minimum absolute atomic E-state index is 0.260. The van der Waals surface area contributed by atoms with Gasteiger partial charge in [0.15, 0.2) is 23.9 Å². The maximum Gasteiger partial charge on any atom is 0.338 e. The van der Waals surface area contributed by atoms with Crippen molar-refractivity contribution in [2.45, 2.75) is 0 Å². The van der Waals surface area contributed by atoms with E-state index in [1.807, 2.05) is 6.07 Å². The Morgan fingerprint density at radius 2 is 1.70 bits per heavy atom. The predicted octanol–water partition coefficient (Wildman–Crippen LogP) is 3.51. The SMILES string of the molecule is COc1cc(C(=O)OCC(=O)c2ccccc2)cc(Br)c1OC. The van der Waals surface area contributed by atoms with Crippen LogP contribution in [0.3, 0.4) is 0 Å². The maximum atomic E-state index is 12.1. The molecule has 0 fully saturated rings. The Hall–Kier alpha value is -2.34. The Labute approximate surface area is 142 Å². The summed E-state index contributed by atoms with van der Waals surface area (Å²) in [6.45, 7) is -0.325. The van der Waals surface area contributed by atoms with E-state index in [1.165, 1.54) is 20.3 Å². The largest absolute Gasteiger partial charge is 0.493 e. The normalized spacial score (nSPS) is 10.0. The molecule has 0 unspecified atom stereocenters. The number of hydrogen-bond donors (Lipinski definition) is 0. The molecule has 0 saturated carbocycles. The van der Waals surface area contributed by atoms with Gasteiger partial charge in [-0.1, -0.05) is 30.3 Å². The van der Waals surface area contributed by atoms with Gasteiger partial charge in [0, 0.05) is 5.56 Å². The molecule has 0 heterocycles.